The molecule has 0 radical (unpaired) electrons. The zero-order valence-corrected chi connectivity index (χ0v) is 15.2. The molecule has 2 aromatic carbocycles. The van der Waals surface area contributed by atoms with E-state index in [0.717, 1.165) is 10.8 Å². The molecule has 3 rings (SSSR count). The summed E-state index contributed by atoms with van der Waals surface area (Å²) in [6.45, 7) is 1.80. The van der Waals surface area contributed by atoms with Crippen molar-refractivity contribution in [2.45, 2.75) is 36.3 Å². The molecule has 5 nitrogen and oxygen atoms in total. The molecule has 1 fully saturated rings. The van der Waals surface area contributed by atoms with E-state index in [4.69, 9.17) is 14.2 Å². The highest BCUT2D eigenvalue weighted by Crippen LogP contribution is 2.42. The molecular weight excluding hydrogens is 338 g/mol. The molecule has 6 heteroatoms. The number of thioether (sulfide) groups is 1. The maximum absolute atomic E-state index is 10.7. The molecule has 0 amide bonds. The van der Waals surface area contributed by atoms with Gasteiger partial charge in [-0.05, 0) is 24.6 Å². The van der Waals surface area contributed by atoms with Crippen LogP contribution >= 0.6 is 11.8 Å². The number of benzene rings is 2. The van der Waals surface area contributed by atoms with E-state index in [0.29, 0.717) is 5.75 Å². The molecule has 1 aliphatic heterocycles. The highest BCUT2D eigenvalue weighted by molar-refractivity contribution is 8.00. The van der Waals surface area contributed by atoms with Crippen molar-refractivity contribution < 1.29 is 19.3 Å². The fraction of sp³-hybridized carbons (Fsp3) is 0.421. The fourth-order valence-corrected chi connectivity index (χ4v) is 4.18. The van der Waals surface area contributed by atoms with E-state index >= 15 is 0 Å². The molecule has 2 aromatic rings. The van der Waals surface area contributed by atoms with Crippen LogP contribution in [0.1, 0.15) is 6.92 Å². The minimum Gasteiger partial charge on any atom is -0.484 e. The van der Waals surface area contributed by atoms with Crippen LogP contribution in [0.4, 0.5) is 0 Å². The average Bonchev–Trinajstić information content (AvgIpc) is 2.65. The van der Waals surface area contributed by atoms with Gasteiger partial charge in [0.05, 0.1) is 12.2 Å². The van der Waals surface area contributed by atoms with Crippen molar-refractivity contribution in [3.63, 3.8) is 0 Å². The van der Waals surface area contributed by atoms with Crippen molar-refractivity contribution in [3.05, 3.63) is 42.5 Å². The predicted octanol–water partition coefficient (Wildman–Crippen LogP) is 2.96. The second-order valence-electron chi connectivity index (χ2n) is 6.00. The first-order valence-corrected chi connectivity index (χ1v) is 9.27. The molecule has 1 saturated heterocycles. The Bertz CT molecular complexity index is 787. The van der Waals surface area contributed by atoms with Crippen LogP contribution in [-0.4, -0.2) is 47.8 Å². The number of aliphatic hydroxyl groups excluding tert-OH is 1. The Morgan fingerprint density at radius 2 is 1.96 bits per heavy atom. The topological polar surface area (TPSA) is 71.7 Å². The van der Waals surface area contributed by atoms with Crippen LogP contribution in [0.25, 0.3) is 10.8 Å². The number of nitriles is 1. The summed E-state index contributed by atoms with van der Waals surface area (Å²) in [4.78, 5) is 0. The van der Waals surface area contributed by atoms with Crippen molar-refractivity contribution in [2.24, 2.45) is 0 Å². The van der Waals surface area contributed by atoms with E-state index < -0.39 is 29.3 Å². The monoisotopic (exact) mass is 359 g/mol. The molecule has 0 unspecified atom stereocenters. The highest BCUT2D eigenvalue weighted by atomic mass is 32.2. The zero-order valence-electron chi connectivity index (χ0n) is 14.4. The summed E-state index contributed by atoms with van der Waals surface area (Å²) in [7, 11) is 1.47. The number of rotatable bonds is 4. The van der Waals surface area contributed by atoms with Crippen molar-refractivity contribution in [1.82, 2.24) is 0 Å². The third-order valence-electron chi connectivity index (χ3n) is 4.70. The normalized spacial score (nSPS) is 32.3. The number of methoxy groups -OCH3 is 1. The van der Waals surface area contributed by atoms with Gasteiger partial charge in [0.1, 0.15) is 11.9 Å². The van der Waals surface area contributed by atoms with Gasteiger partial charge >= 0.3 is 0 Å². The molecule has 1 N–H and O–H groups in total. The first-order valence-electron chi connectivity index (χ1n) is 8.04. The Morgan fingerprint density at radius 1 is 1.24 bits per heavy atom. The summed E-state index contributed by atoms with van der Waals surface area (Å²) in [5.74, 6) is 0.625. The fourth-order valence-electron chi connectivity index (χ4n) is 3.28. The molecule has 1 aliphatic rings. The summed E-state index contributed by atoms with van der Waals surface area (Å²) in [6.07, 6.45) is -1.38. The van der Waals surface area contributed by atoms with Gasteiger partial charge < -0.3 is 19.3 Å². The molecule has 0 spiro atoms. The summed E-state index contributed by atoms with van der Waals surface area (Å²) in [5.41, 5.74) is 0. The standard InChI is InChI=1S/C19H21NO4S/c1-12-19(11-20,25-3)17(16(21)18(22-2)23-12)24-15-10-6-8-13-7-4-5-9-14(13)15/h4-10,12,16-18,21H,1-3H3/t12-,16-,17-,18+,19+/m1/s1. The first kappa shape index (κ1) is 18.0. The van der Waals surface area contributed by atoms with E-state index in [-0.39, 0.29) is 0 Å². The summed E-state index contributed by atoms with van der Waals surface area (Å²) in [6, 6.07) is 15.9. The minimum absolute atomic E-state index is 0.471. The van der Waals surface area contributed by atoms with Gasteiger partial charge in [-0.1, -0.05) is 36.4 Å². The smallest absolute Gasteiger partial charge is 0.187 e. The molecule has 0 aromatic heterocycles. The van der Waals surface area contributed by atoms with E-state index in [1.165, 1.54) is 18.9 Å². The number of hydrogen-bond acceptors (Lipinski definition) is 6. The SMILES string of the molecule is CO[C@H]1O[C@H](C)[C@](C#N)(SC)[C@H](Oc2cccc3ccccc23)[C@H]1O. The quantitative estimate of drug-likeness (QED) is 0.905. The summed E-state index contributed by atoms with van der Waals surface area (Å²) >= 11 is 1.32. The molecule has 1 heterocycles. The molecule has 132 valence electrons. The number of hydrogen-bond donors (Lipinski definition) is 1. The number of aliphatic hydroxyl groups is 1. The summed E-state index contributed by atoms with van der Waals surface area (Å²) < 4.78 is 16.1. The number of fused-ring (bicyclic) bond motifs is 1. The highest BCUT2D eigenvalue weighted by Gasteiger charge is 2.57. The molecule has 0 bridgehead atoms. The lowest BCUT2D eigenvalue weighted by Crippen LogP contribution is -2.65. The van der Waals surface area contributed by atoms with Gasteiger partial charge in [0.15, 0.2) is 17.1 Å². The maximum atomic E-state index is 10.7. The molecular formula is C19H21NO4S. The van der Waals surface area contributed by atoms with Crippen molar-refractivity contribution in [3.8, 4) is 11.8 Å². The van der Waals surface area contributed by atoms with E-state index in [9.17, 15) is 10.4 Å². The number of nitrogens with zero attached hydrogens (tertiary/aromatic N) is 1. The second-order valence-corrected chi connectivity index (χ2v) is 7.08. The minimum atomic E-state index is -1.09. The van der Waals surface area contributed by atoms with Gasteiger partial charge in [-0.15, -0.1) is 11.8 Å². The van der Waals surface area contributed by atoms with Gasteiger partial charge in [0.25, 0.3) is 0 Å². The zero-order chi connectivity index (χ0) is 18.0. The molecule has 0 aliphatic carbocycles. The van der Waals surface area contributed by atoms with E-state index in [2.05, 4.69) is 6.07 Å². The van der Waals surface area contributed by atoms with Crippen LogP contribution in [0.15, 0.2) is 42.5 Å². The van der Waals surface area contributed by atoms with Crippen LogP contribution in [0.3, 0.4) is 0 Å². The first-order chi connectivity index (χ1) is 12.1. The third-order valence-corrected chi connectivity index (χ3v) is 6.03. The van der Waals surface area contributed by atoms with Crippen LogP contribution in [-0.2, 0) is 9.47 Å². The van der Waals surface area contributed by atoms with Gasteiger partial charge in [0, 0.05) is 12.5 Å². The second kappa shape index (κ2) is 7.22. The van der Waals surface area contributed by atoms with E-state index in [1.807, 2.05) is 48.7 Å². The largest absolute Gasteiger partial charge is 0.484 e. The van der Waals surface area contributed by atoms with Crippen LogP contribution in [0, 0.1) is 11.3 Å². The van der Waals surface area contributed by atoms with Crippen LogP contribution in [0.5, 0.6) is 5.75 Å². The Hall–Kier alpha value is -1.78. The van der Waals surface area contributed by atoms with Crippen LogP contribution < -0.4 is 4.74 Å². The lowest BCUT2D eigenvalue weighted by Gasteiger charge is -2.47. The predicted molar refractivity (Wildman–Crippen MR) is 97.6 cm³/mol. The van der Waals surface area contributed by atoms with Gasteiger partial charge in [-0.25, -0.2) is 0 Å². The van der Waals surface area contributed by atoms with Gasteiger partial charge in [0.2, 0.25) is 0 Å². The third kappa shape index (κ3) is 2.98. The number of ether oxygens (including phenoxy) is 3. The maximum Gasteiger partial charge on any atom is 0.187 e. The Kier molecular flexibility index (Phi) is 5.21. The van der Waals surface area contributed by atoms with Gasteiger partial charge in [-0.3, -0.25) is 0 Å². The lowest BCUT2D eigenvalue weighted by atomic mass is 9.89. The van der Waals surface area contributed by atoms with E-state index in [1.54, 1.807) is 6.92 Å². The van der Waals surface area contributed by atoms with Crippen molar-refractivity contribution in [1.29, 1.82) is 5.26 Å². The average molecular weight is 359 g/mol. The lowest BCUT2D eigenvalue weighted by molar-refractivity contribution is -0.255. The van der Waals surface area contributed by atoms with Gasteiger partial charge in [-0.2, -0.15) is 5.26 Å². The molecule has 0 saturated carbocycles. The molecule has 5 atom stereocenters. The van der Waals surface area contributed by atoms with Crippen LogP contribution in [0.2, 0.25) is 0 Å². The Balaban J connectivity index is 2.05. The van der Waals surface area contributed by atoms with Crippen molar-refractivity contribution >= 4 is 22.5 Å². The Morgan fingerprint density at radius 3 is 2.64 bits per heavy atom. The van der Waals surface area contributed by atoms with Crippen molar-refractivity contribution in [2.75, 3.05) is 13.4 Å². The summed E-state index contributed by atoms with van der Waals surface area (Å²) in [5, 5.41) is 22.6. The molecule has 25 heavy (non-hydrogen) atoms. The Labute approximate surface area is 151 Å².